The standard InChI is InChI=1S/C19H20N2Si.C15H15B/c1-2-15-22(17-21-14-13-20-16-21,18-9-5-3-6-10-18)19-11-7-4-8-12-19;1-3-7-13(8-4-1)16(15-11-12-15)14-9-5-2-6-10-14/h2-16H,17H2,1H3;1-10,15H,11-12H2. The van der Waals surface area contributed by atoms with Gasteiger partial charge in [0.2, 0.25) is 6.71 Å². The quantitative estimate of drug-likeness (QED) is 0.261. The lowest BCUT2D eigenvalue weighted by molar-refractivity contribution is 0.861. The zero-order valence-corrected chi connectivity index (χ0v) is 23.1. The second-order valence-corrected chi connectivity index (χ2v) is 13.8. The summed E-state index contributed by atoms with van der Waals surface area (Å²) >= 11 is 0. The molecule has 1 fully saturated rings. The molecule has 0 radical (unpaired) electrons. The van der Waals surface area contributed by atoms with Crippen LogP contribution in [0.25, 0.3) is 0 Å². The number of nitrogens with zero attached hydrogens (tertiary/aromatic N) is 2. The molecule has 0 amide bonds. The van der Waals surface area contributed by atoms with E-state index in [2.05, 4.69) is 156 Å². The molecule has 1 saturated carbocycles. The zero-order chi connectivity index (χ0) is 26.0. The smallest absolute Gasteiger partial charge is 0.212 e. The van der Waals surface area contributed by atoms with Crippen molar-refractivity contribution in [3.8, 4) is 0 Å². The predicted molar refractivity (Wildman–Crippen MR) is 166 cm³/mol. The van der Waals surface area contributed by atoms with Crippen LogP contribution in [0.3, 0.4) is 0 Å². The molecule has 0 spiro atoms. The topological polar surface area (TPSA) is 17.8 Å². The second-order valence-electron chi connectivity index (χ2n) is 10.1. The monoisotopic (exact) mass is 510 g/mol. The summed E-state index contributed by atoms with van der Waals surface area (Å²) in [6.07, 6.45) is 11.7. The maximum Gasteiger partial charge on any atom is 0.212 e. The lowest BCUT2D eigenvalue weighted by Crippen LogP contribution is -2.60. The van der Waals surface area contributed by atoms with E-state index in [0.29, 0.717) is 6.71 Å². The van der Waals surface area contributed by atoms with E-state index in [1.165, 1.54) is 34.1 Å². The summed E-state index contributed by atoms with van der Waals surface area (Å²) in [5.41, 5.74) is 5.37. The Balaban J connectivity index is 0.000000162. The summed E-state index contributed by atoms with van der Waals surface area (Å²) in [4.78, 5) is 4.21. The number of allylic oxidation sites excluding steroid dienone is 1. The van der Waals surface area contributed by atoms with E-state index in [1.54, 1.807) is 0 Å². The Bertz CT molecular complexity index is 1310. The molecular formula is C34H35BN2Si. The van der Waals surface area contributed by atoms with Gasteiger partial charge < -0.3 is 4.57 Å². The molecule has 0 N–H and O–H groups in total. The van der Waals surface area contributed by atoms with Gasteiger partial charge in [-0.25, -0.2) is 4.98 Å². The van der Waals surface area contributed by atoms with E-state index in [1.807, 2.05) is 12.5 Å². The summed E-state index contributed by atoms with van der Waals surface area (Å²) in [7, 11) is -2.01. The first-order valence-electron chi connectivity index (χ1n) is 13.6. The van der Waals surface area contributed by atoms with Gasteiger partial charge in [0, 0.05) is 18.6 Å². The first-order valence-corrected chi connectivity index (χ1v) is 15.9. The molecule has 1 aliphatic rings. The Morgan fingerprint density at radius 1 is 0.737 bits per heavy atom. The highest BCUT2D eigenvalue weighted by molar-refractivity contribution is 7.05. The van der Waals surface area contributed by atoms with E-state index >= 15 is 0 Å². The summed E-state index contributed by atoms with van der Waals surface area (Å²) < 4.78 is 2.20. The van der Waals surface area contributed by atoms with Crippen LogP contribution < -0.4 is 21.3 Å². The Morgan fingerprint density at radius 3 is 1.61 bits per heavy atom. The van der Waals surface area contributed by atoms with Crippen molar-refractivity contribution in [2.75, 3.05) is 0 Å². The van der Waals surface area contributed by atoms with Crippen LogP contribution in [0.5, 0.6) is 0 Å². The molecule has 38 heavy (non-hydrogen) atoms. The molecule has 5 aromatic rings. The van der Waals surface area contributed by atoms with Crippen LogP contribution in [0.1, 0.15) is 19.8 Å². The maximum atomic E-state index is 4.21. The van der Waals surface area contributed by atoms with E-state index in [-0.39, 0.29) is 0 Å². The molecule has 6 rings (SSSR count). The van der Waals surface area contributed by atoms with Crippen molar-refractivity contribution in [3.63, 3.8) is 0 Å². The van der Waals surface area contributed by atoms with Crippen LogP contribution in [0.2, 0.25) is 5.82 Å². The SMILES string of the molecule is CC=C[Si](Cn1ccnc1)(c1ccccc1)c1ccccc1.c1ccc(B(c2ccccc2)C2CC2)cc1. The number of hydrogen-bond acceptors (Lipinski definition) is 1. The molecule has 0 unspecified atom stereocenters. The van der Waals surface area contributed by atoms with E-state index in [0.717, 1.165) is 12.0 Å². The van der Waals surface area contributed by atoms with Crippen LogP contribution in [-0.4, -0.2) is 24.3 Å². The lowest BCUT2D eigenvalue weighted by Gasteiger charge is -2.30. The first kappa shape index (κ1) is 25.7. The number of benzene rings is 4. The average Bonchev–Trinajstić information content (AvgIpc) is 3.69. The van der Waals surface area contributed by atoms with Gasteiger partial charge in [0.25, 0.3) is 0 Å². The summed E-state index contributed by atoms with van der Waals surface area (Å²) in [5.74, 6) is 0.866. The van der Waals surface area contributed by atoms with Crippen LogP contribution in [0.15, 0.2) is 152 Å². The average molecular weight is 511 g/mol. The minimum Gasteiger partial charge on any atom is -0.339 e. The first-order chi connectivity index (χ1) is 18.8. The van der Waals surface area contributed by atoms with Gasteiger partial charge in [-0.1, -0.05) is 163 Å². The third kappa shape index (κ3) is 6.15. The van der Waals surface area contributed by atoms with Gasteiger partial charge in [-0.2, -0.15) is 0 Å². The predicted octanol–water partition coefficient (Wildman–Crippen LogP) is 5.26. The number of imidazole rings is 1. The number of rotatable bonds is 8. The number of aromatic nitrogens is 2. The molecule has 4 aromatic carbocycles. The Morgan fingerprint density at radius 2 is 1.21 bits per heavy atom. The van der Waals surface area contributed by atoms with Crippen LogP contribution in [0.4, 0.5) is 0 Å². The molecule has 1 heterocycles. The minimum atomic E-state index is -2.01. The summed E-state index contributed by atoms with van der Waals surface area (Å²) in [6.45, 7) is 2.73. The molecule has 2 nitrogen and oxygen atoms in total. The Hall–Kier alpha value is -3.89. The van der Waals surface area contributed by atoms with E-state index in [4.69, 9.17) is 0 Å². The molecule has 0 bridgehead atoms. The summed E-state index contributed by atoms with van der Waals surface area (Å²) in [5, 5.41) is 2.85. The van der Waals surface area contributed by atoms with Crippen LogP contribution >= 0.6 is 0 Å². The fourth-order valence-corrected chi connectivity index (χ4v) is 9.60. The highest BCUT2D eigenvalue weighted by Crippen LogP contribution is 2.38. The van der Waals surface area contributed by atoms with Crippen molar-refractivity contribution in [2.45, 2.75) is 31.8 Å². The zero-order valence-electron chi connectivity index (χ0n) is 22.1. The van der Waals surface area contributed by atoms with Crippen molar-refractivity contribution in [3.05, 3.63) is 152 Å². The van der Waals surface area contributed by atoms with E-state index in [9.17, 15) is 0 Å². The number of hydrogen-bond donors (Lipinski definition) is 0. The molecule has 0 atom stereocenters. The third-order valence-electron chi connectivity index (χ3n) is 7.43. The fourth-order valence-electron chi connectivity index (χ4n) is 5.51. The normalized spacial score (nSPS) is 13.1. The van der Waals surface area contributed by atoms with Crippen molar-refractivity contribution in [1.29, 1.82) is 0 Å². The van der Waals surface area contributed by atoms with Gasteiger partial charge >= 0.3 is 0 Å². The van der Waals surface area contributed by atoms with Crippen molar-refractivity contribution < 1.29 is 0 Å². The Kier molecular flexibility index (Phi) is 8.52. The largest absolute Gasteiger partial charge is 0.339 e. The molecule has 188 valence electrons. The highest BCUT2D eigenvalue weighted by Gasteiger charge is 2.36. The molecule has 4 heteroatoms. The molecule has 0 aliphatic heterocycles. The van der Waals surface area contributed by atoms with Crippen molar-refractivity contribution in [2.24, 2.45) is 0 Å². The second kappa shape index (κ2) is 12.6. The van der Waals surface area contributed by atoms with Gasteiger partial charge in [0.15, 0.2) is 8.07 Å². The van der Waals surface area contributed by atoms with E-state index < -0.39 is 8.07 Å². The van der Waals surface area contributed by atoms with Gasteiger partial charge in [0.1, 0.15) is 0 Å². The molecule has 0 saturated heterocycles. The lowest BCUT2D eigenvalue weighted by atomic mass is 9.37. The van der Waals surface area contributed by atoms with Crippen molar-refractivity contribution >= 4 is 36.1 Å². The molecule has 1 aliphatic carbocycles. The highest BCUT2D eigenvalue weighted by atomic mass is 28.3. The van der Waals surface area contributed by atoms with Gasteiger partial charge in [-0.05, 0) is 17.3 Å². The fraction of sp³-hybridized carbons (Fsp3) is 0.147. The van der Waals surface area contributed by atoms with Crippen LogP contribution in [-0.2, 0) is 6.17 Å². The molecular weight excluding hydrogens is 475 g/mol. The maximum absolute atomic E-state index is 4.21. The van der Waals surface area contributed by atoms with Gasteiger partial charge in [0.05, 0.1) is 6.33 Å². The van der Waals surface area contributed by atoms with Gasteiger partial charge in [-0.15, -0.1) is 0 Å². The van der Waals surface area contributed by atoms with Gasteiger partial charge in [-0.3, -0.25) is 0 Å². The Labute approximate surface area is 228 Å². The minimum absolute atomic E-state index is 0.613. The van der Waals surface area contributed by atoms with Crippen molar-refractivity contribution in [1.82, 2.24) is 9.55 Å². The molecule has 1 aromatic heterocycles. The third-order valence-corrected chi connectivity index (χ3v) is 11.9. The summed E-state index contributed by atoms with van der Waals surface area (Å²) in [6, 6.07) is 43.6. The van der Waals surface area contributed by atoms with Crippen LogP contribution in [0, 0.1) is 0 Å².